The van der Waals surface area contributed by atoms with E-state index in [1.54, 1.807) is 81.7 Å². The van der Waals surface area contributed by atoms with Gasteiger partial charge in [-0.15, -0.1) is 0 Å². The predicted octanol–water partition coefficient (Wildman–Crippen LogP) is 6.87. The lowest BCUT2D eigenvalue weighted by atomic mass is 9.96. The van der Waals surface area contributed by atoms with E-state index in [1.807, 2.05) is 24.3 Å². The maximum absolute atomic E-state index is 13.8. The number of para-hydroxylation sites is 1. The first-order chi connectivity index (χ1) is 22.2. The average molecular weight is 636 g/mol. The number of pyridine rings is 1. The first-order valence-electron chi connectivity index (χ1n) is 14.2. The Labute approximate surface area is 265 Å². The number of anilines is 1. The zero-order valence-corrected chi connectivity index (χ0v) is 26.0. The fourth-order valence-electron chi connectivity index (χ4n) is 4.87. The highest BCUT2D eigenvalue weighted by atomic mass is 32.2. The molecular weight excluding hydrogens is 606 g/mol. The number of amides is 1. The molecule has 0 fully saturated rings. The molecule has 12 heteroatoms. The van der Waals surface area contributed by atoms with Crippen molar-refractivity contribution >= 4 is 21.8 Å². The van der Waals surface area contributed by atoms with E-state index in [1.165, 1.54) is 23.4 Å². The molecule has 46 heavy (non-hydrogen) atoms. The SMILES string of the molecule is Cc1noc(NS(=O)(=O)c2ccccc2-c2ccc(-c3ncco3)cc2CN(C)C(=O)c2cccnc2Oc2ccccc2)c1C. The largest absolute Gasteiger partial charge is 0.445 e. The van der Waals surface area contributed by atoms with E-state index in [-0.39, 0.29) is 34.7 Å². The van der Waals surface area contributed by atoms with Gasteiger partial charge in [0.05, 0.1) is 16.8 Å². The monoisotopic (exact) mass is 635 g/mol. The van der Waals surface area contributed by atoms with Crippen LogP contribution < -0.4 is 9.46 Å². The Morgan fingerprint density at radius 3 is 2.43 bits per heavy atom. The summed E-state index contributed by atoms with van der Waals surface area (Å²) in [5, 5.41) is 3.86. The van der Waals surface area contributed by atoms with Crippen LogP contribution in [0.5, 0.6) is 11.6 Å². The highest BCUT2D eigenvalue weighted by Crippen LogP contribution is 2.35. The summed E-state index contributed by atoms with van der Waals surface area (Å²) >= 11 is 0. The van der Waals surface area contributed by atoms with Crippen molar-refractivity contribution in [2.24, 2.45) is 0 Å². The van der Waals surface area contributed by atoms with E-state index < -0.39 is 10.0 Å². The van der Waals surface area contributed by atoms with Crippen LogP contribution in [0.25, 0.3) is 22.6 Å². The van der Waals surface area contributed by atoms with Gasteiger partial charge in [0.15, 0.2) is 0 Å². The summed E-state index contributed by atoms with van der Waals surface area (Å²) in [6, 6.07) is 24.4. The minimum Gasteiger partial charge on any atom is -0.445 e. The number of ether oxygens (including phenoxy) is 1. The number of rotatable bonds is 10. The van der Waals surface area contributed by atoms with Crippen molar-refractivity contribution in [2.75, 3.05) is 11.8 Å². The molecule has 0 atom stereocenters. The highest BCUT2D eigenvalue weighted by molar-refractivity contribution is 7.92. The number of hydrogen-bond donors (Lipinski definition) is 1. The van der Waals surface area contributed by atoms with Gasteiger partial charge in [-0.1, -0.05) is 47.6 Å². The maximum Gasteiger partial charge on any atom is 0.264 e. The van der Waals surface area contributed by atoms with E-state index in [2.05, 4.69) is 19.8 Å². The molecule has 0 aliphatic heterocycles. The van der Waals surface area contributed by atoms with Gasteiger partial charge in [0.1, 0.15) is 17.6 Å². The number of aryl methyl sites for hydroxylation is 1. The number of nitrogens with one attached hydrogen (secondary N) is 1. The fraction of sp³-hybridized carbons (Fsp3) is 0.118. The van der Waals surface area contributed by atoms with Crippen LogP contribution in [0.3, 0.4) is 0 Å². The lowest BCUT2D eigenvalue weighted by Crippen LogP contribution is -2.27. The second-order valence-corrected chi connectivity index (χ2v) is 12.1. The van der Waals surface area contributed by atoms with Crippen molar-refractivity contribution < 1.29 is 26.9 Å². The van der Waals surface area contributed by atoms with Crippen LogP contribution in [-0.2, 0) is 16.6 Å². The molecule has 11 nitrogen and oxygen atoms in total. The molecule has 0 aliphatic rings. The van der Waals surface area contributed by atoms with Gasteiger partial charge in [-0.05, 0) is 67.4 Å². The van der Waals surface area contributed by atoms with Crippen LogP contribution in [0.2, 0.25) is 0 Å². The third-order valence-electron chi connectivity index (χ3n) is 7.35. The van der Waals surface area contributed by atoms with Crippen LogP contribution in [-0.4, -0.2) is 41.4 Å². The molecule has 0 saturated carbocycles. The highest BCUT2D eigenvalue weighted by Gasteiger charge is 2.25. The molecule has 0 aliphatic carbocycles. The normalized spacial score (nSPS) is 11.3. The summed E-state index contributed by atoms with van der Waals surface area (Å²) in [4.78, 5) is 23.9. The second-order valence-electron chi connectivity index (χ2n) is 10.5. The van der Waals surface area contributed by atoms with Crippen LogP contribution in [0.4, 0.5) is 5.88 Å². The van der Waals surface area contributed by atoms with Gasteiger partial charge in [0.2, 0.25) is 17.7 Å². The van der Waals surface area contributed by atoms with Gasteiger partial charge in [0.25, 0.3) is 15.9 Å². The summed E-state index contributed by atoms with van der Waals surface area (Å²) in [5.41, 5.74) is 3.75. The Balaban J connectivity index is 1.38. The molecule has 0 spiro atoms. The summed E-state index contributed by atoms with van der Waals surface area (Å²) in [6.45, 7) is 3.55. The number of nitrogens with zero attached hydrogens (tertiary/aromatic N) is 4. The Bertz CT molecular complexity index is 2110. The van der Waals surface area contributed by atoms with Gasteiger partial charge in [-0.2, -0.15) is 0 Å². The molecule has 3 aromatic carbocycles. The van der Waals surface area contributed by atoms with E-state index in [0.29, 0.717) is 45.2 Å². The zero-order chi connectivity index (χ0) is 32.3. The number of benzene rings is 3. The Morgan fingerprint density at radius 1 is 0.913 bits per heavy atom. The van der Waals surface area contributed by atoms with Crippen molar-refractivity contribution in [1.29, 1.82) is 0 Å². The fourth-order valence-corrected chi connectivity index (χ4v) is 6.14. The van der Waals surface area contributed by atoms with Gasteiger partial charge < -0.3 is 18.6 Å². The molecule has 6 rings (SSSR count). The first-order valence-corrected chi connectivity index (χ1v) is 15.7. The van der Waals surface area contributed by atoms with Gasteiger partial charge in [-0.3, -0.25) is 4.79 Å². The number of sulfonamides is 1. The van der Waals surface area contributed by atoms with Crippen LogP contribution in [0.15, 0.2) is 117 Å². The van der Waals surface area contributed by atoms with Crippen molar-refractivity contribution in [3.05, 3.63) is 126 Å². The van der Waals surface area contributed by atoms with Crippen LogP contribution in [0.1, 0.15) is 27.2 Å². The minimum absolute atomic E-state index is 0.0216. The minimum atomic E-state index is -4.11. The second kappa shape index (κ2) is 12.7. The zero-order valence-electron chi connectivity index (χ0n) is 25.2. The molecule has 0 unspecified atom stereocenters. The topological polar surface area (TPSA) is 141 Å². The molecule has 0 saturated heterocycles. The van der Waals surface area contributed by atoms with Crippen LogP contribution in [0, 0.1) is 13.8 Å². The standard InChI is InChI=1S/C34H29N5O6S/c1-22-23(2)37-45-31(22)38-46(41,42)30-14-8-7-12-28(30)27-16-15-24(32-36-18-19-43-32)20-25(27)21-39(3)34(40)29-13-9-17-35-33(29)44-26-10-5-4-6-11-26/h4-20,38H,21H2,1-3H3. The quantitative estimate of drug-likeness (QED) is 0.171. The van der Waals surface area contributed by atoms with E-state index in [0.717, 1.165) is 0 Å². The molecular formula is C34H29N5O6S. The average Bonchev–Trinajstić information content (AvgIpc) is 3.72. The smallest absolute Gasteiger partial charge is 0.264 e. The molecule has 0 radical (unpaired) electrons. The third kappa shape index (κ3) is 6.24. The summed E-state index contributed by atoms with van der Waals surface area (Å²) in [7, 11) is -2.46. The Kier molecular flexibility index (Phi) is 8.36. The van der Waals surface area contributed by atoms with Crippen molar-refractivity contribution in [3.63, 3.8) is 0 Å². The molecule has 1 amide bonds. The lowest BCUT2D eigenvalue weighted by Gasteiger charge is -2.22. The first kappa shape index (κ1) is 30.3. The van der Waals surface area contributed by atoms with Gasteiger partial charge >= 0.3 is 0 Å². The number of oxazole rings is 1. The molecule has 1 N–H and O–H groups in total. The summed E-state index contributed by atoms with van der Waals surface area (Å²) in [5.74, 6) is 0.791. The van der Waals surface area contributed by atoms with Crippen molar-refractivity contribution in [3.8, 4) is 34.2 Å². The third-order valence-corrected chi connectivity index (χ3v) is 8.74. The Morgan fingerprint density at radius 2 is 1.70 bits per heavy atom. The van der Waals surface area contributed by atoms with Crippen molar-refractivity contribution in [1.82, 2.24) is 20.0 Å². The number of carbonyl (C=O) groups is 1. The molecule has 3 aromatic heterocycles. The molecule has 232 valence electrons. The van der Waals surface area contributed by atoms with Crippen molar-refractivity contribution in [2.45, 2.75) is 25.3 Å². The van der Waals surface area contributed by atoms with Gasteiger partial charge in [0, 0.05) is 36.5 Å². The summed E-state index contributed by atoms with van der Waals surface area (Å²) < 4.78 is 46.7. The molecule has 0 bridgehead atoms. The predicted molar refractivity (Wildman–Crippen MR) is 171 cm³/mol. The molecule has 3 heterocycles. The van der Waals surface area contributed by atoms with Crippen LogP contribution >= 0.6 is 0 Å². The Hall–Kier alpha value is -5.75. The maximum atomic E-state index is 13.8. The molecule has 6 aromatic rings. The van der Waals surface area contributed by atoms with Gasteiger partial charge in [-0.25, -0.2) is 23.1 Å². The van der Waals surface area contributed by atoms with E-state index >= 15 is 0 Å². The lowest BCUT2D eigenvalue weighted by molar-refractivity contribution is 0.0782. The number of hydrogen-bond acceptors (Lipinski definition) is 9. The number of aromatic nitrogens is 3. The van der Waals surface area contributed by atoms with E-state index in [9.17, 15) is 13.2 Å². The number of carbonyl (C=O) groups excluding carboxylic acids is 1. The summed E-state index contributed by atoms with van der Waals surface area (Å²) in [6.07, 6.45) is 4.56. The van der Waals surface area contributed by atoms with E-state index in [4.69, 9.17) is 13.7 Å².